The molecule has 0 saturated carbocycles. The Morgan fingerprint density at radius 2 is 2.12 bits per heavy atom. The van der Waals surface area contributed by atoms with Crippen molar-refractivity contribution in [2.24, 2.45) is 4.99 Å². The lowest BCUT2D eigenvalue weighted by molar-refractivity contribution is 0.227. The third kappa shape index (κ3) is 4.30. The van der Waals surface area contributed by atoms with Crippen LogP contribution in [0.5, 0.6) is 0 Å². The number of hydrogen-bond acceptors (Lipinski definition) is 3. The van der Waals surface area contributed by atoms with E-state index in [4.69, 9.17) is 4.74 Å². The predicted octanol–water partition coefficient (Wildman–Crippen LogP) is 2.85. The topological polar surface area (TPSA) is 24.8 Å². The number of hydrogen-bond donors (Lipinski definition) is 0. The molecule has 3 nitrogen and oxygen atoms in total. The lowest BCUT2D eigenvalue weighted by atomic mass is 10.1. The van der Waals surface area contributed by atoms with Gasteiger partial charge < -0.3 is 9.64 Å². The van der Waals surface area contributed by atoms with Crippen LogP contribution in [0.1, 0.15) is 51.9 Å². The first-order valence-electron chi connectivity index (χ1n) is 7.30. The Morgan fingerprint density at radius 1 is 1.29 bits per heavy atom. The van der Waals surface area contributed by atoms with Crippen molar-refractivity contribution in [3.05, 3.63) is 0 Å². The van der Waals surface area contributed by atoms with Crippen molar-refractivity contribution in [1.82, 2.24) is 4.90 Å². The zero-order valence-electron chi connectivity index (χ0n) is 11.2. The molecule has 0 aromatic rings. The summed E-state index contributed by atoms with van der Waals surface area (Å²) in [5.41, 5.74) is 0. The summed E-state index contributed by atoms with van der Waals surface area (Å²) in [6.45, 7) is 6.74. The van der Waals surface area contributed by atoms with Gasteiger partial charge in [0, 0.05) is 13.0 Å². The maximum Gasteiger partial charge on any atom is 0.184 e. The van der Waals surface area contributed by atoms with Gasteiger partial charge in [-0.3, -0.25) is 0 Å². The molecule has 1 atom stereocenters. The zero-order valence-corrected chi connectivity index (χ0v) is 11.2. The van der Waals surface area contributed by atoms with Crippen molar-refractivity contribution in [1.29, 1.82) is 0 Å². The number of piperidine rings is 1. The van der Waals surface area contributed by atoms with Crippen LogP contribution in [0.4, 0.5) is 0 Å². The number of aliphatic imine (C=N–C) groups is 1. The number of unbranched alkanes of at least 4 members (excludes halogenated alkanes) is 1. The summed E-state index contributed by atoms with van der Waals surface area (Å²) in [5.74, 6) is 1.01. The van der Waals surface area contributed by atoms with E-state index in [9.17, 15) is 0 Å². The van der Waals surface area contributed by atoms with E-state index >= 15 is 0 Å². The molecule has 0 aliphatic carbocycles. The zero-order chi connectivity index (χ0) is 11.9. The Balaban J connectivity index is 1.65. The second-order valence-electron chi connectivity index (χ2n) is 5.28. The van der Waals surface area contributed by atoms with Crippen LogP contribution in [0, 0.1) is 0 Å². The Bertz CT molecular complexity index is 247. The van der Waals surface area contributed by atoms with Crippen LogP contribution in [-0.2, 0) is 4.74 Å². The first-order valence-corrected chi connectivity index (χ1v) is 7.30. The van der Waals surface area contributed by atoms with Crippen LogP contribution in [0.15, 0.2) is 4.99 Å². The second kappa shape index (κ2) is 7.00. The minimum Gasteiger partial charge on any atom is -0.479 e. The highest BCUT2D eigenvalue weighted by molar-refractivity contribution is 5.77. The summed E-state index contributed by atoms with van der Waals surface area (Å²) in [6.07, 6.45) is 8.89. The maximum atomic E-state index is 5.68. The van der Waals surface area contributed by atoms with E-state index in [-0.39, 0.29) is 0 Å². The third-order valence-corrected chi connectivity index (χ3v) is 3.75. The molecule has 0 aromatic carbocycles. The van der Waals surface area contributed by atoms with Gasteiger partial charge in [-0.25, -0.2) is 4.99 Å². The molecule has 2 heterocycles. The summed E-state index contributed by atoms with van der Waals surface area (Å²) >= 11 is 0. The van der Waals surface area contributed by atoms with Crippen LogP contribution in [0.25, 0.3) is 0 Å². The van der Waals surface area contributed by atoms with Gasteiger partial charge >= 0.3 is 0 Å². The minimum absolute atomic E-state index is 0.450. The van der Waals surface area contributed by atoms with Gasteiger partial charge in [0.1, 0.15) is 6.61 Å². The molecule has 2 rings (SSSR count). The molecule has 2 aliphatic rings. The van der Waals surface area contributed by atoms with Gasteiger partial charge in [0.25, 0.3) is 0 Å². The number of ether oxygens (including phenoxy) is 1. The molecule has 3 heteroatoms. The molecule has 0 aromatic heterocycles. The largest absolute Gasteiger partial charge is 0.479 e. The fraction of sp³-hybridized carbons (Fsp3) is 0.929. The molecule has 0 amide bonds. The van der Waals surface area contributed by atoms with E-state index in [0.29, 0.717) is 6.04 Å². The van der Waals surface area contributed by atoms with Gasteiger partial charge in [-0.15, -0.1) is 0 Å². The number of likely N-dealkylation sites (tertiary alicyclic amines) is 1. The highest BCUT2D eigenvalue weighted by Crippen LogP contribution is 2.15. The number of nitrogens with zero attached hydrogens (tertiary/aromatic N) is 2. The summed E-state index contributed by atoms with van der Waals surface area (Å²) in [5, 5.41) is 0. The van der Waals surface area contributed by atoms with E-state index in [1.54, 1.807) is 0 Å². The third-order valence-electron chi connectivity index (χ3n) is 3.75. The summed E-state index contributed by atoms with van der Waals surface area (Å²) in [4.78, 5) is 7.23. The van der Waals surface area contributed by atoms with Crippen molar-refractivity contribution in [3.8, 4) is 0 Å². The van der Waals surface area contributed by atoms with E-state index in [0.717, 1.165) is 25.5 Å². The first-order chi connectivity index (χ1) is 8.38. The Hall–Kier alpha value is -0.570. The van der Waals surface area contributed by atoms with E-state index in [1.807, 2.05) is 0 Å². The molecule has 0 bridgehead atoms. The molecular formula is C14H26N2O. The SMILES string of the molecule is CCCC[C@H]1COC(CCN2CCCCC2)=N1. The minimum atomic E-state index is 0.450. The lowest BCUT2D eigenvalue weighted by Crippen LogP contribution is -2.31. The van der Waals surface area contributed by atoms with Crippen molar-refractivity contribution in [3.63, 3.8) is 0 Å². The van der Waals surface area contributed by atoms with Crippen LogP contribution >= 0.6 is 0 Å². The monoisotopic (exact) mass is 238 g/mol. The Labute approximate surface area is 105 Å². The smallest absolute Gasteiger partial charge is 0.184 e. The predicted molar refractivity (Wildman–Crippen MR) is 71.6 cm³/mol. The Kier molecular flexibility index (Phi) is 5.30. The molecule has 0 radical (unpaired) electrons. The van der Waals surface area contributed by atoms with Gasteiger partial charge in [-0.1, -0.05) is 26.2 Å². The van der Waals surface area contributed by atoms with Crippen LogP contribution in [0.2, 0.25) is 0 Å². The summed E-state index contributed by atoms with van der Waals surface area (Å²) in [7, 11) is 0. The standard InChI is InChI=1S/C14H26N2O/c1-2-3-7-13-12-17-14(15-13)8-11-16-9-5-4-6-10-16/h13H,2-12H2,1H3/t13-/m0/s1. The second-order valence-corrected chi connectivity index (χ2v) is 5.28. The summed E-state index contributed by atoms with van der Waals surface area (Å²) in [6, 6.07) is 0.450. The van der Waals surface area contributed by atoms with Crippen molar-refractivity contribution in [2.45, 2.75) is 57.9 Å². The average Bonchev–Trinajstić information content (AvgIpc) is 2.83. The highest BCUT2D eigenvalue weighted by atomic mass is 16.5. The fourth-order valence-electron chi connectivity index (χ4n) is 2.63. The normalized spacial score (nSPS) is 25.7. The molecule has 98 valence electrons. The van der Waals surface area contributed by atoms with E-state index < -0.39 is 0 Å². The molecule has 17 heavy (non-hydrogen) atoms. The van der Waals surface area contributed by atoms with Crippen LogP contribution < -0.4 is 0 Å². The molecule has 1 fully saturated rings. The van der Waals surface area contributed by atoms with Crippen molar-refractivity contribution in [2.75, 3.05) is 26.2 Å². The highest BCUT2D eigenvalue weighted by Gasteiger charge is 2.19. The van der Waals surface area contributed by atoms with Gasteiger partial charge in [-0.05, 0) is 32.4 Å². The van der Waals surface area contributed by atoms with Crippen LogP contribution in [0.3, 0.4) is 0 Å². The molecule has 1 saturated heterocycles. The van der Waals surface area contributed by atoms with Gasteiger partial charge in [-0.2, -0.15) is 0 Å². The molecular weight excluding hydrogens is 212 g/mol. The van der Waals surface area contributed by atoms with E-state index in [1.165, 1.54) is 51.6 Å². The molecule has 2 aliphatic heterocycles. The Morgan fingerprint density at radius 3 is 2.88 bits per heavy atom. The molecule has 0 N–H and O–H groups in total. The quantitative estimate of drug-likeness (QED) is 0.711. The first kappa shape index (κ1) is 12.9. The van der Waals surface area contributed by atoms with Gasteiger partial charge in [0.15, 0.2) is 5.90 Å². The van der Waals surface area contributed by atoms with Crippen molar-refractivity contribution >= 4 is 5.90 Å². The summed E-state index contributed by atoms with van der Waals surface area (Å²) < 4.78 is 5.68. The van der Waals surface area contributed by atoms with Gasteiger partial charge in [0.2, 0.25) is 0 Å². The molecule has 0 spiro atoms. The van der Waals surface area contributed by atoms with Crippen molar-refractivity contribution < 1.29 is 4.74 Å². The average molecular weight is 238 g/mol. The maximum absolute atomic E-state index is 5.68. The molecule has 0 unspecified atom stereocenters. The van der Waals surface area contributed by atoms with E-state index in [2.05, 4.69) is 16.8 Å². The fourth-order valence-corrected chi connectivity index (χ4v) is 2.63. The lowest BCUT2D eigenvalue weighted by Gasteiger charge is -2.25. The van der Waals surface area contributed by atoms with Crippen LogP contribution in [-0.4, -0.2) is 43.1 Å². The number of rotatable bonds is 6. The van der Waals surface area contributed by atoms with Gasteiger partial charge in [0.05, 0.1) is 6.04 Å².